The van der Waals surface area contributed by atoms with Crippen molar-refractivity contribution < 1.29 is 4.79 Å². The number of nitrogens with zero attached hydrogens (tertiary/aromatic N) is 1. The topological polar surface area (TPSA) is 83.8 Å². The standard InChI is InChI=1S/C13H20N4OS/c1-13(5-2-6-19-13)7-15-12(18)11-9(14)10(16-17-11)8-3-4-8/h8H,2-7,14H2,1H3,(H,15,18)(H,16,17). The fraction of sp³-hybridized carbons (Fsp3) is 0.692. The molecule has 1 amide bonds. The summed E-state index contributed by atoms with van der Waals surface area (Å²) in [5, 5.41) is 9.96. The van der Waals surface area contributed by atoms with Gasteiger partial charge in [0.2, 0.25) is 0 Å². The Hall–Kier alpha value is -1.17. The molecule has 1 aromatic rings. The molecule has 0 spiro atoms. The summed E-state index contributed by atoms with van der Waals surface area (Å²) in [4.78, 5) is 12.1. The number of carbonyl (C=O) groups excluding carboxylic acids is 1. The van der Waals surface area contributed by atoms with E-state index in [2.05, 4.69) is 22.4 Å². The number of anilines is 1. The normalized spacial score (nSPS) is 26.6. The van der Waals surface area contributed by atoms with Gasteiger partial charge in [-0.1, -0.05) is 0 Å². The molecule has 2 aliphatic rings. The summed E-state index contributed by atoms with van der Waals surface area (Å²) in [6.07, 6.45) is 4.67. The third kappa shape index (κ3) is 2.59. The first kappa shape index (κ1) is 12.8. The van der Waals surface area contributed by atoms with Crippen molar-refractivity contribution in [1.82, 2.24) is 15.5 Å². The maximum absolute atomic E-state index is 12.1. The van der Waals surface area contributed by atoms with E-state index in [0.717, 1.165) is 25.0 Å². The summed E-state index contributed by atoms with van der Waals surface area (Å²) in [5.74, 6) is 1.51. The molecule has 1 atom stereocenters. The number of hydrogen-bond donors (Lipinski definition) is 3. The lowest BCUT2D eigenvalue weighted by molar-refractivity contribution is 0.0946. The third-order valence-electron chi connectivity index (χ3n) is 3.96. The Morgan fingerprint density at radius 1 is 1.63 bits per heavy atom. The Bertz CT molecular complexity index is 489. The number of amides is 1. The Morgan fingerprint density at radius 2 is 2.42 bits per heavy atom. The first-order valence-electron chi connectivity index (χ1n) is 6.85. The maximum Gasteiger partial charge on any atom is 0.273 e. The first-order chi connectivity index (χ1) is 9.09. The Labute approximate surface area is 117 Å². The molecule has 1 aromatic heterocycles. The van der Waals surface area contributed by atoms with Crippen LogP contribution in [0.5, 0.6) is 0 Å². The predicted molar refractivity (Wildman–Crippen MR) is 77.4 cm³/mol. The average Bonchev–Trinajstić information content (AvgIpc) is 3.03. The summed E-state index contributed by atoms with van der Waals surface area (Å²) < 4.78 is 0.167. The van der Waals surface area contributed by atoms with Crippen molar-refractivity contribution in [3.8, 4) is 0 Å². The van der Waals surface area contributed by atoms with E-state index in [1.807, 2.05) is 11.8 Å². The predicted octanol–water partition coefficient (Wildman–Crippen LogP) is 1.88. The summed E-state index contributed by atoms with van der Waals surface area (Å²) in [6, 6.07) is 0. The van der Waals surface area contributed by atoms with E-state index in [9.17, 15) is 4.79 Å². The van der Waals surface area contributed by atoms with Crippen LogP contribution < -0.4 is 11.1 Å². The highest BCUT2D eigenvalue weighted by Crippen LogP contribution is 2.42. The Balaban J connectivity index is 1.63. The summed E-state index contributed by atoms with van der Waals surface area (Å²) in [6.45, 7) is 2.88. The van der Waals surface area contributed by atoms with E-state index in [0.29, 0.717) is 23.8 Å². The largest absolute Gasteiger partial charge is 0.395 e. The minimum atomic E-state index is -0.158. The lowest BCUT2D eigenvalue weighted by Crippen LogP contribution is -2.37. The maximum atomic E-state index is 12.1. The van der Waals surface area contributed by atoms with Gasteiger partial charge < -0.3 is 11.1 Å². The van der Waals surface area contributed by atoms with Gasteiger partial charge in [-0.05, 0) is 38.4 Å². The fourth-order valence-corrected chi connectivity index (χ4v) is 3.79. The number of aromatic amines is 1. The number of rotatable bonds is 4. The number of thioether (sulfide) groups is 1. The monoisotopic (exact) mass is 280 g/mol. The lowest BCUT2D eigenvalue weighted by Gasteiger charge is -2.22. The average molecular weight is 280 g/mol. The number of nitrogen functional groups attached to an aromatic ring is 1. The number of aromatic nitrogens is 2. The van der Waals surface area contributed by atoms with Gasteiger partial charge in [-0.2, -0.15) is 16.9 Å². The minimum Gasteiger partial charge on any atom is -0.395 e. The third-order valence-corrected chi connectivity index (χ3v) is 5.50. The van der Waals surface area contributed by atoms with Crippen molar-refractivity contribution >= 4 is 23.4 Å². The molecule has 5 nitrogen and oxygen atoms in total. The van der Waals surface area contributed by atoms with Crippen LogP contribution in [0.15, 0.2) is 0 Å². The van der Waals surface area contributed by atoms with Gasteiger partial charge in [0.15, 0.2) is 5.69 Å². The van der Waals surface area contributed by atoms with E-state index in [4.69, 9.17) is 5.73 Å². The SMILES string of the molecule is CC1(CNC(=O)c2n[nH]c(C3CC3)c2N)CCCS1. The lowest BCUT2D eigenvalue weighted by atomic mass is 10.1. The molecular weight excluding hydrogens is 260 g/mol. The number of H-pyrrole nitrogens is 1. The molecule has 1 aliphatic heterocycles. The van der Waals surface area contributed by atoms with Gasteiger partial charge in [-0.25, -0.2) is 0 Å². The molecule has 6 heteroatoms. The highest BCUT2D eigenvalue weighted by Gasteiger charge is 2.32. The molecule has 19 heavy (non-hydrogen) atoms. The van der Waals surface area contributed by atoms with Gasteiger partial charge in [0, 0.05) is 17.2 Å². The molecule has 2 fully saturated rings. The quantitative estimate of drug-likeness (QED) is 0.786. The summed E-state index contributed by atoms with van der Waals surface area (Å²) in [7, 11) is 0. The van der Waals surface area contributed by atoms with E-state index in [-0.39, 0.29) is 10.7 Å². The van der Waals surface area contributed by atoms with Crippen LogP contribution in [0.1, 0.15) is 54.7 Å². The highest BCUT2D eigenvalue weighted by molar-refractivity contribution is 8.00. The van der Waals surface area contributed by atoms with Crippen LogP contribution in [-0.4, -0.2) is 33.1 Å². The number of hydrogen-bond acceptors (Lipinski definition) is 4. The zero-order valence-corrected chi connectivity index (χ0v) is 12.0. The number of nitrogens with one attached hydrogen (secondary N) is 2. The van der Waals surface area contributed by atoms with Crippen LogP contribution in [0, 0.1) is 0 Å². The van der Waals surface area contributed by atoms with E-state index < -0.39 is 0 Å². The molecular formula is C13H20N4OS. The van der Waals surface area contributed by atoms with Crippen molar-refractivity contribution in [1.29, 1.82) is 0 Å². The molecule has 2 heterocycles. The Morgan fingerprint density at radius 3 is 3.05 bits per heavy atom. The minimum absolute atomic E-state index is 0.158. The van der Waals surface area contributed by atoms with Crippen LogP contribution >= 0.6 is 11.8 Å². The molecule has 0 bridgehead atoms. The van der Waals surface area contributed by atoms with Crippen molar-refractivity contribution in [2.45, 2.75) is 43.3 Å². The van der Waals surface area contributed by atoms with Crippen molar-refractivity contribution in [3.05, 3.63) is 11.4 Å². The second-order valence-corrected chi connectivity index (χ2v) is 7.44. The molecule has 1 saturated heterocycles. The number of carbonyl (C=O) groups is 1. The second-order valence-electron chi connectivity index (χ2n) is 5.76. The Kier molecular flexibility index (Phi) is 3.20. The zero-order chi connectivity index (χ0) is 13.5. The smallest absolute Gasteiger partial charge is 0.273 e. The van der Waals surface area contributed by atoms with Gasteiger partial charge in [0.25, 0.3) is 5.91 Å². The van der Waals surface area contributed by atoms with Crippen molar-refractivity contribution in [2.75, 3.05) is 18.0 Å². The van der Waals surface area contributed by atoms with Gasteiger partial charge >= 0.3 is 0 Å². The molecule has 104 valence electrons. The molecule has 4 N–H and O–H groups in total. The molecule has 0 radical (unpaired) electrons. The van der Waals surface area contributed by atoms with Gasteiger partial charge in [-0.3, -0.25) is 9.89 Å². The first-order valence-corrected chi connectivity index (χ1v) is 7.83. The van der Waals surface area contributed by atoms with Crippen LogP contribution in [0.4, 0.5) is 5.69 Å². The van der Waals surface area contributed by atoms with Crippen molar-refractivity contribution in [2.24, 2.45) is 0 Å². The zero-order valence-electron chi connectivity index (χ0n) is 11.2. The highest BCUT2D eigenvalue weighted by atomic mass is 32.2. The summed E-state index contributed by atoms with van der Waals surface area (Å²) in [5.41, 5.74) is 7.83. The fourth-order valence-electron chi connectivity index (χ4n) is 2.55. The molecule has 1 aliphatic carbocycles. The van der Waals surface area contributed by atoms with Gasteiger partial charge in [-0.15, -0.1) is 0 Å². The van der Waals surface area contributed by atoms with Crippen molar-refractivity contribution in [3.63, 3.8) is 0 Å². The molecule has 1 unspecified atom stereocenters. The van der Waals surface area contributed by atoms with Gasteiger partial charge in [0.1, 0.15) is 0 Å². The van der Waals surface area contributed by atoms with Crippen LogP contribution in [0.3, 0.4) is 0 Å². The van der Waals surface area contributed by atoms with E-state index in [1.54, 1.807) is 0 Å². The van der Waals surface area contributed by atoms with Crippen LogP contribution in [0.25, 0.3) is 0 Å². The van der Waals surface area contributed by atoms with Gasteiger partial charge in [0.05, 0.1) is 11.4 Å². The molecule has 3 rings (SSSR count). The number of nitrogens with two attached hydrogens (primary N) is 1. The van der Waals surface area contributed by atoms with E-state index in [1.165, 1.54) is 12.2 Å². The summed E-state index contributed by atoms with van der Waals surface area (Å²) >= 11 is 1.93. The molecule has 1 saturated carbocycles. The second kappa shape index (κ2) is 4.74. The van der Waals surface area contributed by atoms with Crippen LogP contribution in [0.2, 0.25) is 0 Å². The molecule has 0 aromatic carbocycles. The van der Waals surface area contributed by atoms with Crippen LogP contribution in [-0.2, 0) is 0 Å². The van der Waals surface area contributed by atoms with E-state index >= 15 is 0 Å².